The SMILES string of the molecule is CC(C)NCCCC(=O)Nc1cnn(C(C)C)c1. The zero-order valence-corrected chi connectivity index (χ0v) is 11.7. The molecular formula is C13H24N4O. The van der Waals surface area contributed by atoms with Gasteiger partial charge in [-0.15, -0.1) is 0 Å². The molecule has 0 spiro atoms. The minimum Gasteiger partial charge on any atom is -0.323 e. The van der Waals surface area contributed by atoms with Crippen molar-refractivity contribution < 1.29 is 4.79 Å². The Hall–Kier alpha value is -1.36. The number of hydrogen-bond acceptors (Lipinski definition) is 3. The molecule has 0 aromatic carbocycles. The highest BCUT2D eigenvalue weighted by Gasteiger charge is 2.05. The number of carbonyl (C=O) groups is 1. The second-order valence-corrected chi connectivity index (χ2v) is 5.06. The summed E-state index contributed by atoms with van der Waals surface area (Å²) in [5.74, 6) is 0.0452. The van der Waals surface area contributed by atoms with Crippen molar-refractivity contribution in [2.24, 2.45) is 0 Å². The number of aromatic nitrogens is 2. The Balaban J connectivity index is 2.26. The molecule has 1 heterocycles. The Morgan fingerprint density at radius 1 is 1.39 bits per heavy atom. The summed E-state index contributed by atoms with van der Waals surface area (Å²) in [4.78, 5) is 11.7. The molecule has 0 atom stereocenters. The van der Waals surface area contributed by atoms with E-state index in [0.29, 0.717) is 18.5 Å². The fourth-order valence-corrected chi connectivity index (χ4v) is 1.55. The van der Waals surface area contributed by atoms with Gasteiger partial charge < -0.3 is 10.6 Å². The Morgan fingerprint density at radius 3 is 2.67 bits per heavy atom. The van der Waals surface area contributed by atoms with Crippen LogP contribution in [0.4, 0.5) is 5.69 Å². The van der Waals surface area contributed by atoms with Gasteiger partial charge in [0.2, 0.25) is 5.91 Å². The Bertz CT molecular complexity index is 371. The Labute approximate surface area is 109 Å². The maximum atomic E-state index is 11.7. The van der Waals surface area contributed by atoms with E-state index in [4.69, 9.17) is 0 Å². The Morgan fingerprint density at radius 2 is 2.11 bits per heavy atom. The van der Waals surface area contributed by atoms with Gasteiger partial charge in [-0.3, -0.25) is 9.48 Å². The summed E-state index contributed by atoms with van der Waals surface area (Å²) < 4.78 is 1.83. The lowest BCUT2D eigenvalue weighted by Gasteiger charge is -2.07. The normalized spacial score (nSPS) is 11.2. The summed E-state index contributed by atoms with van der Waals surface area (Å²) in [6, 6.07) is 0.781. The number of amides is 1. The van der Waals surface area contributed by atoms with E-state index in [9.17, 15) is 4.79 Å². The van der Waals surface area contributed by atoms with Gasteiger partial charge in [0.25, 0.3) is 0 Å². The molecule has 18 heavy (non-hydrogen) atoms. The second-order valence-electron chi connectivity index (χ2n) is 5.06. The molecule has 0 aliphatic rings. The summed E-state index contributed by atoms with van der Waals surface area (Å²) in [6.45, 7) is 9.17. The van der Waals surface area contributed by atoms with Crippen molar-refractivity contribution in [3.05, 3.63) is 12.4 Å². The highest BCUT2D eigenvalue weighted by Crippen LogP contribution is 2.10. The lowest BCUT2D eigenvalue weighted by molar-refractivity contribution is -0.116. The first kappa shape index (κ1) is 14.7. The van der Waals surface area contributed by atoms with Crippen LogP contribution in [0.25, 0.3) is 0 Å². The topological polar surface area (TPSA) is 59.0 Å². The van der Waals surface area contributed by atoms with Crippen LogP contribution in [-0.2, 0) is 4.79 Å². The molecule has 5 heteroatoms. The predicted octanol–water partition coefficient (Wildman–Crippen LogP) is 2.18. The lowest BCUT2D eigenvalue weighted by Crippen LogP contribution is -2.24. The van der Waals surface area contributed by atoms with Crippen LogP contribution >= 0.6 is 0 Å². The molecule has 0 saturated heterocycles. The van der Waals surface area contributed by atoms with Gasteiger partial charge in [-0.05, 0) is 26.8 Å². The Kier molecular flexibility index (Phi) is 5.85. The van der Waals surface area contributed by atoms with Gasteiger partial charge in [0.15, 0.2) is 0 Å². The fraction of sp³-hybridized carbons (Fsp3) is 0.692. The van der Waals surface area contributed by atoms with E-state index < -0.39 is 0 Å². The average Bonchev–Trinajstić information content (AvgIpc) is 2.72. The maximum absolute atomic E-state index is 11.7. The minimum atomic E-state index is 0.0452. The molecule has 1 rings (SSSR count). The molecule has 1 amide bonds. The first-order chi connectivity index (χ1) is 8.49. The molecular weight excluding hydrogens is 228 g/mol. The first-order valence-electron chi connectivity index (χ1n) is 6.56. The van der Waals surface area contributed by atoms with Gasteiger partial charge in [-0.2, -0.15) is 5.10 Å². The summed E-state index contributed by atoms with van der Waals surface area (Å²) >= 11 is 0. The van der Waals surface area contributed by atoms with E-state index >= 15 is 0 Å². The summed E-state index contributed by atoms with van der Waals surface area (Å²) in [5.41, 5.74) is 0.769. The third-order valence-corrected chi connectivity index (χ3v) is 2.55. The van der Waals surface area contributed by atoms with E-state index in [-0.39, 0.29) is 5.91 Å². The molecule has 0 aliphatic heterocycles. The van der Waals surface area contributed by atoms with E-state index in [2.05, 4.69) is 43.4 Å². The van der Waals surface area contributed by atoms with Crippen LogP contribution in [-0.4, -0.2) is 28.3 Å². The quantitative estimate of drug-likeness (QED) is 0.731. The van der Waals surface area contributed by atoms with Crippen molar-refractivity contribution >= 4 is 11.6 Å². The van der Waals surface area contributed by atoms with Gasteiger partial charge in [0, 0.05) is 24.7 Å². The molecule has 5 nitrogen and oxygen atoms in total. The highest BCUT2D eigenvalue weighted by atomic mass is 16.1. The molecule has 0 unspecified atom stereocenters. The third-order valence-electron chi connectivity index (χ3n) is 2.55. The van der Waals surface area contributed by atoms with Crippen molar-refractivity contribution in [1.82, 2.24) is 15.1 Å². The maximum Gasteiger partial charge on any atom is 0.224 e. The first-order valence-corrected chi connectivity index (χ1v) is 6.56. The predicted molar refractivity (Wildman–Crippen MR) is 73.6 cm³/mol. The van der Waals surface area contributed by atoms with Crippen LogP contribution in [0.2, 0.25) is 0 Å². The van der Waals surface area contributed by atoms with Crippen LogP contribution in [0.15, 0.2) is 12.4 Å². The van der Waals surface area contributed by atoms with Gasteiger partial charge in [0.1, 0.15) is 0 Å². The average molecular weight is 252 g/mol. The van der Waals surface area contributed by atoms with Crippen molar-refractivity contribution in [3.63, 3.8) is 0 Å². The number of hydrogen-bond donors (Lipinski definition) is 2. The van der Waals surface area contributed by atoms with Crippen LogP contribution in [0.3, 0.4) is 0 Å². The van der Waals surface area contributed by atoms with Crippen molar-refractivity contribution in [3.8, 4) is 0 Å². The summed E-state index contributed by atoms with van der Waals surface area (Å²) in [6.07, 6.45) is 4.92. The molecule has 0 bridgehead atoms. The summed E-state index contributed by atoms with van der Waals surface area (Å²) in [5, 5.41) is 10.3. The van der Waals surface area contributed by atoms with Crippen LogP contribution < -0.4 is 10.6 Å². The van der Waals surface area contributed by atoms with E-state index in [1.165, 1.54) is 0 Å². The minimum absolute atomic E-state index is 0.0452. The van der Waals surface area contributed by atoms with Crippen molar-refractivity contribution in [1.29, 1.82) is 0 Å². The zero-order valence-electron chi connectivity index (χ0n) is 11.7. The van der Waals surface area contributed by atoms with Crippen molar-refractivity contribution in [2.75, 3.05) is 11.9 Å². The number of nitrogens with one attached hydrogen (secondary N) is 2. The third kappa shape index (κ3) is 5.31. The van der Waals surface area contributed by atoms with Gasteiger partial charge in [-0.1, -0.05) is 13.8 Å². The number of nitrogens with zero attached hydrogens (tertiary/aromatic N) is 2. The fourth-order valence-electron chi connectivity index (χ4n) is 1.55. The van der Waals surface area contributed by atoms with Gasteiger partial charge in [-0.25, -0.2) is 0 Å². The van der Waals surface area contributed by atoms with Crippen LogP contribution in [0.5, 0.6) is 0 Å². The van der Waals surface area contributed by atoms with E-state index in [0.717, 1.165) is 18.7 Å². The van der Waals surface area contributed by atoms with Gasteiger partial charge >= 0.3 is 0 Å². The number of anilines is 1. The molecule has 0 fully saturated rings. The number of rotatable bonds is 7. The van der Waals surface area contributed by atoms with E-state index in [1.54, 1.807) is 6.20 Å². The molecule has 2 N–H and O–H groups in total. The molecule has 102 valence electrons. The molecule has 1 aromatic rings. The van der Waals surface area contributed by atoms with Crippen molar-refractivity contribution in [2.45, 2.75) is 52.6 Å². The molecule has 0 saturated carbocycles. The van der Waals surface area contributed by atoms with Crippen LogP contribution in [0, 0.1) is 0 Å². The molecule has 0 radical (unpaired) electrons. The molecule has 1 aromatic heterocycles. The smallest absolute Gasteiger partial charge is 0.224 e. The van der Waals surface area contributed by atoms with Crippen LogP contribution in [0.1, 0.15) is 46.6 Å². The summed E-state index contributed by atoms with van der Waals surface area (Å²) in [7, 11) is 0. The largest absolute Gasteiger partial charge is 0.323 e. The number of carbonyl (C=O) groups excluding carboxylic acids is 1. The zero-order chi connectivity index (χ0) is 13.5. The second kappa shape index (κ2) is 7.16. The molecule has 0 aliphatic carbocycles. The standard InChI is InChI=1S/C13H24N4O/c1-10(2)14-7-5-6-13(18)16-12-8-15-17(9-12)11(3)4/h8-11,14H,5-7H2,1-4H3,(H,16,18). The van der Waals surface area contributed by atoms with E-state index in [1.807, 2.05) is 10.9 Å². The van der Waals surface area contributed by atoms with Gasteiger partial charge in [0.05, 0.1) is 11.9 Å². The lowest BCUT2D eigenvalue weighted by atomic mass is 10.2. The monoisotopic (exact) mass is 252 g/mol. The highest BCUT2D eigenvalue weighted by molar-refractivity contribution is 5.90.